The van der Waals surface area contributed by atoms with Crippen LogP contribution in [0.15, 0.2) is 36.0 Å². The molecule has 0 unspecified atom stereocenters. The van der Waals surface area contributed by atoms with Crippen LogP contribution in [0.4, 0.5) is 0 Å². The number of carbonyl (C=O) groups is 1. The van der Waals surface area contributed by atoms with Crippen LogP contribution in [0.3, 0.4) is 0 Å². The number of aldehydes is 1. The lowest BCUT2D eigenvalue weighted by Crippen LogP contribution is -2.40. The van der Waals surface area contributed by atoms with Crippen LogP contribution in [0.25, 0.3) is 0 Å². The molecule has 0 atom stereocenters. The van der Waals surface area contributed by atoms with Crippen molar-refractivity contribution in [3.8, 4) is 0 Å². The zero-order valence-corrected chi connectivity index (χ0v) is 13.5. The minimum atomic E-state index is -1.63. The van der Waals surface area contributed by atoms with E-state index in [1.54, 1.807) is 0 Å². The molecule has 0 aliphatic heterocycles. The maximum absolute atomic E-state index is 10.2. The third-order valence-electron chi connectivity index (χ3n) is 3.28. The van der Waals surface area contributed by atoms with Gasteiger partial charge in [-0.05, 0) is 36.7 Å². The summed E-state index contributed by atoms with van der Waals surface area (Å²) in [6.07, 6.45) is 10.1. The summed E-state index contributed by atoms with van der Waals surface area (Å²) in [5.74, 6) is 0. The molecule has 0 saturated carbocycles. The van der Waals surface area contributed by atoms with E-state index in [1.165, 1.54) is 6.08 Å². The average molecular weight is 266 g/mol. The maximum atomic E-state index is 10.2. The van der Waals surface area contributed by atoms with Crippen molar-refractivity contribution < 1.29 is 9.22 Å². The third-order valence-corrected chi connectivity index (χ3v) is 7.78. The van der Waals surface area contributed by atoms with Gasteiger partial charge in [-0.25, -0.2) is 0 Å². The smallest absolute Gasteiger partial charge is 0.192 e. The first kappa shape index (κ1) is 17.1. The molecule has 0 aliphatic rings. The van der Waals surface area contributed by atoms with E-state index in [2.05, 4.69) is 33.9 Å². The topological polar surface area (TPSA) is 26.3 Å². The van der Waals surface area contributed by atoms with Gasteiger partial charge in [0.1, 0.15) is 6.29 Å². The number of carbonyl (C=O) groups excluding carboxylic acids is 1. The van der Waals surface area contributed by atoms with Crippen molar-refractivity contribution in [3.63, 3.8) is 0 Å². The Balaban J connectivity index is 4.14. The molecule has 0 fully saturated rings. The van der Waals surface area contributed by atoms with E-state index >= 15 is 0 Å². The van der Waals surface area contributed by atoms with E-state index in [-0.39, 0.29) is 5.04 Å². The van der Waals surface area contributed by atoms with Crippen molar-refractivity contribution in [1.82, 2.24) is 0 Å². The molecule has 0 N–H and O–H groups in total. The van der Waals surface area contributed by atoms with E-state index in [9.17, 15) is 4.79 Å². The van der Waals surface area contributed by atoms with Gasteiger partial charge in [0.2, 0.25) is 0 Å². The fraction of sp³-hybridized carbons (Fsp3) is 0.533. The van der Waals surface area contributed by atoms with Crippen molar-refractivity contribution in [3.05, 3.63) is 36.0 Å². The minimum Gasteiger partial charge on any atom is -0.413 e. The van der Waals surface area contributed by atoms with Crippen molar-refractivity contribution in [2.75, 3.05) is 6.61 Å². The van der Waals surface area contributed by atoms with Gasteiger partial charge in [0, 0.05) is 0 Å². The highest BCUT2D eigenvalue weighted by molar-refractivity contribution is 6.74. The first-order valence-corrected chi connectivity index (χ1v) is 9.21. The monoisotopic (exact) mass is 266 g/mol. The lowest BCUT2D eigenvalue weighted by Gasteiger charge is -2.35. The SMILES string of the molecule is CC(=C/C=O)/C=C/C=C/CO[Si](C)(C)C(C)(C)C. The summed E-state index contributed by atoms with van der Waals surface area (Å²) >= 11 is 0. The predicted octanol–water partition coefficient (Wildman–Crippen LogP) is 4.27. The molecule has 3 heteroatoms. The van der Waals surface area contributed by atoms with Gasteiger partial charge in [0.15, 0.2) is 8.32 Å². The third kappa shape index (κ3) is 6.72. The molecule has 0 rings (SSSR count). The number of hydrogen-bond donors (Lipinski definition) is 0. The van der Waals surface area contributed by atoms with Gasteiger partial charge in [-0.1, -0.05) is 45.1 Å². The summed E-state index contributed by atoms with van der Waals surface area (Å²) < 4.78 is 6.00. The molecule has 102 valence electrons. The van der Waals surface area contributed by atoms with E-state index in [0.29, 0.717) is 6.61 Å². The van der Waals surface area contributed by atoms with Crippen LogP contribution in [0.5, 0.6) is 0 Å². The summed E-state index contributed by atoms with van der Waals surface area (Å²) in [6.45, 7) is 13.7. The Kier molecular flexibility index (Phi) is 7.10. The molecule has 2 nitrogen and oxygen atoms in total. The van der Waals surface area contributed by atoms with Crippen LogP contribution in [0.2, 0.25) is 18.1 Å². The van der Waals surface area contributed by atoms with Gasteiger partial charge in [-0.15, -0.1) is 0 Å². The van der Waals surface area contributed by atoms with Gasteiger partial charge in [0.25, 0.3) is 0 Å². The molecule has 0 amide bonds. The summed E-state index contributed by atoms with van der Waals surface area (Å²) in [7, 11) is -1.63. The molecule has 0 heterocycles. The summed E-state index contributed by atoms with van der Waals surface area (Å²) in [4.78, 5) is 10.2. The van der Waals surface area contributed by atoms with E-state index < -0.39 is 8.32 Å². The van der Waals surface area contributed by atoms with Gasteiger partial charge < -0.3 is 4.43 Å². The highest BCUT2D eigenvalue weighted by atomic mass is 28.4. The molecule has 0 saturated heterocycles. The normalized spacial score (nSPS) is 14.7. The summed E-state index contributed by atoms with van der Waals surface area (Å²) in [5.41, 5.74) is 0.944. The zero-order valence-electron chi connectivity index (χ0n) is 12.5. The Morgan fingerprint density at radius 1 is 1.22 bits per heavy atom. The largest absolute Gasteiger partial charge is 0.413 e. The van der Waals surface area contributed by atoms with Crippen LogP contribution >= 0.6 is 0 Å². The lowest BCUT2D eigenvalue weighted by atomic mass is 10.2. The van der Waals surface area contributed by atoms with E-state index in [1.807, 2.05) is 31.2 Å². The molecule has 0 radical (unpaired) electrons. The van der Waals surface area contributed by atoms with Gasteiger partial charge in [-0.3, -0.25) is 4.79 Å². The number of hydrogen-bond acceptors (Lipinski definition) is 2. The molecule has 0 aromatic rings. The van der Waals surface area contributed by atoms with Crippen LogP contribution in [0.1, 0.15) is 27.7 Å². The van der Waals surface area contributed by atoms with Crippen LogP contribution < -0.4 is 0 Å². The lowest BCUT2D eigenvalue weighted by molar-refractivity contribution is -0.104. The molecule has 18 heavy (non-hydrogen) atoms. The summed E-state index contributed by atoms with van der Waals surface area (Å²) in [5, 5.41) is 0.250. The second-order valence-corrected chi connectivity index (χ2v) is 10.7. The van der Waals surface area contributed by atoms with Crippen molar-refractivity contribution in [2.45, 2.75) is 45.8 Å². The van der Waals surface area contributed by atoms with Crippen molar-refractivity contribution in [2.24, 2.45) is 0 Å². The second kappa shape index (κ2) is 7.49. The van der Waals surface area contributed by atoms with Crippen molar-refractivity contribution >= 4 is 14.6 Å². The van der Waals surface area contributed by atoms with E-state index in [4.69, 9.17) is 4.43 Å². The fourth-order valence-electron chi connectivity index (χ4n) is 0.977. The molecular weight excluding hydrogens is 240 g/mol. The quantitative estimate of drug-likeness (QED) is 0.311. The Hall–Kier alpha value is -0.933. The van der Waals surface area contributed by atoms with Gasteiger partial charge >= 0.3 is 0 Å². The molecular formula is C15H26O2Si. The summed E-state index contributed by atoms with van der Waals surface area (Å²) in [6, 6.07) is 0. The van der Waals surface area contributed by atoms with Crippen LogP contribution in [-0.2, 0) is 9.22 Å². The first-order chi connectivity index (χ1) is 8.20. The standard InChI is InChI=1S/C15H26O2Si/c1-14(11-12-16)10-8-7-9-13-17-18(5,6)15(2,3)4/h7-12H,13H2,1-6H3/b9-7+,10-8+,14-11-. The molecule has 0 aromatic heterocycles. The first-order valence-electron chi connectivity index (χ1n) is 6.30. The Bertz CT molecular complexity index is 344. The molecule has 0 aromatic carbocycles. The second-order valence-electron chi connectivity index (χ2n) is 5.91. The van der Waals surface area contributed by atoms with Crippen LogP contribution in [0, 0.1) is 0 Å². The highest BCUT2D eigenvalue weighted by Crippen LogP contribution is 2.36. The minimum absolute atomic E-state index is 0.250. The fourth-order valence-corrected chi connectivity index (χ4v) is 1.92. The molecule has 0 aliphatic carbocycles. The zero-order chi connectivity index (χ0) is 14.2. The Morgan fingerprint density at radius 3 is 2.33 bits per heavy atom. The Labute approximate surface area is 113 Å². The Morgan fingerprint density at radius 2 is 1.83 bits per heavy atom. The van der Waals surface area contributed by atoms with Gasteiger partial charge in [0.05, 0.1) is 6.61 Å². The predicted molar refractivity (Wildman–Crippen MR) is 81.3 cm³/mol. The van der Waals surface area contributed by atoms with Crippen molar-refractivity contribution in [1.29, 1.82) is 0 Å². The molecule has 0 spiro atoms. The maximum Gasteiger partial charge on any atom is 0.192 e. The van der Waals surface area contributed by atoms with Crippen LogP contribution in [-0.4, -0.2) is 21.2 Å². The number of allylic oxidation sites excluding steroid dienone is 5. The van der Waals surface area contributed by atoms with Gasteiger partial charge in [-0.2, -0.15) is 0 Å². The molecule has 0 bridgehead atoms. The highest BCUT2D eigenvalue weighted by Gasteiger charge is 2.36. The van der Waals surface area contributed by atoms with E-state index in [0.717, 1.165) is 11.9 Å². The number of rotatable bonds is 6. The average Bonchev–Trinajstić information content (AvgIpc) is 2.21.